The Balaban J connectivity index is 2.00. The molecule has 0 saturated heterocycles. The number of ether oxygens (including phenoxy) is 1. The van der Waals surface area contributed by atoms with Gasteiger partial charge in [0.05, 0.1) is 12.6 Å². The van der Waals surface area contributed by atoms with Crippen molar-refractivity contribution in [3.63, 3.8) is 0 Å². The molecule has 0 saturated carbocycles. The molecule has 3 rings (SSSR count). The molecule has 2 aromatic carbocycles. The van der Waals surface area contributed by atoms with Crippen LogP contribution in [0.25, 0.3) is 0 Å². The van der Waals surface area contributed by atoms with Crippen LogP contribution < -0.4 is 10.1 Å². The summed E-state index contributed by atoms with van der Waals surface area (Å²) in [6.45, 7) is 3.76. The minimum Gasteiger partial charge on any atom is -0.494 e. The summed E-state index contributed by atoms with van der Waals surface area (Å²) in [5.41, 5.74) is 4.14. The van der Waals surface area contributed by atoms with Gasteiger partial charge in [0.1, 0.15) is 5.75 Å². The van der Waals surface area contributed by atoms with E-state index in [0.717, 1.165) is 25.3 Å². The number of fused-ring (bicyclic) bond motifs is 1. The lowest BCUT2D eigenvalue weighted by molar-refractivity contribution is 0.339. The molecule has 0 fully saturated rings. The van der Waals surface area contributed by atoms with Crippen LogP contribution in [0.1, 0.15) is 29.7 Å². The van der Waals surface area contributed by atoms with Gasteiger partial charge in [-0.3, -0.25) is 0 Å². The van der Waals surface area contributed by atoms with Crippen LogP contribution in [0.2, 0.25) is 0 Å². The smallest absolute Gasteiger partial charge is 0.119 e. The van der Waals surface area contributed by atoms with E-state index in [-0.39, 0.29) is 0 Å². The Labute approximate surface area is 133 Å². The van der Waals surface area contributed by atoms with E-state index >= 15 is 0 Å². The Hall–Kier alpha value is -1.07. The molecule has 2 aromatic rings. The van der Waals surface area contributed by atoms with E-state index in [9.17, 15) is 0 Å². The highest BCUT2D eigenvalue weighted by Crippen LogP contribution is 2.33. The SMILES string of the molecule is CCOc1ccc2c(c1)CCNC2c1ccccc1I. The van der Waals surface area contributed by atoms with Gasteiger partial charge in [-0.05, 0) is 70.8 Å². The van der Waals surface area contributed by atoms with Crippen molar-refractivity contribution < 1.29 is 4.74 Å². The van der Waals surface area contributed by atoms with Crippen LogP contribution in [0.5, 0.6) is 5.75 Å². The second-order valence-electron chi connectivity index (χ2n) is 4.95. The van der Waals surface area contributed by atoms with Crippen molar-refractivity contribution in [2.24, 2.45) is 0 Å². The molecule has 1 aliphatic heterocycles. The summed E-state index contributed by atoms with van der Waals surface area (Å²) in [4.78, 5) is 0. The predicted octanol–water partition coefficient (Wildman–Crippen LogP) is 3.93. The third-order valence-electron chi connectivity index (χ3n) is 3.70. The molecule has 1 atom stereocenters. The van der Waals surface area contributed by atoms with E-state index in [1.54, 1.807) is 0 Å². The van der Waals surface area contributed by atoms with Crippen LogP contribution in [-0.4, -0.2) is 13.2 Å². The van der Waals surface area contributed by atoms with Gasteiger partial charge in [-0.2, -0.15) is 0 Å². The molecule has 104 valence electrons. The largest absolute Gasteiger partial charge is 0.494 e. The van der Waals surface area contributed by atoms with Crippen LogP contribution in [0.15, 0.2) is 42.5 Å². The first-order chi connectivity index (χ1) is 9.79. The molecule has 0 aliphatic carbocycles. The van der Waals surface area contributed by atoms with Crippen molar-refractivity contribution in [3.8, 4) is 5.75 Å². The van der Waals surface area contributed by atoms with Crippen LogP contribution in [0.4, 0.5) is 0 Å². The van der Waals surface area contributed by atoms with Gasteiger partial charge >= 0.3 is 0 Å². The van der Waals surface area contributed by atoms with Crippen molar-refractivity contribution in [2.75, 3.05) is 13.2 Å². The minimum atomic E-state index is 0.294. The summed E-state index contributed by atoms with van der Waals surface area (Å²) in [6.07, 6.45) is 1.07. The number of nitrogens with one attached hydrogen (secondary N) is 1. The topological polar surface area (TPSA) is 21.3 Å². The van der Waals surface area contributed by atoms with Gasteiger partial charge in [-0.15, -0.1) is 0 Å². The van der Waals surface area contributed by atoms with Crippen LogP contribution in [0, 0.1) is 3.57 Å². The Kier molecular flexibility index (Phi) is 4.27. The van der Waals surface area contributed by atoms with E-state index in [0.29, 0.717) is 6.04 Å². The van der Waals surface area contributed by atoms with Crippen LogP contribution in [-0.2, 0) is 6.42 Å². The van der Waals surface area contributed by atoms with Gasteiger partial charge in [0.25, 0.3) is 0 Å². The molecule has 0 bridgehead atoms. The van der Waals surface area contributed by atoms with E-state index in [1.165, 1.54) is 20.3 Å². The average molecular weight is 379 g/mol. The molecule has 0 amide bonds. The fourth-order valence-corrected chi connectivity index (χ4v) is 3.48. The third kappa shape index (κ3) is 2.69. The monoisotopic (exact) mass is 379 g/mol. The normalized spacial score (nSPS) is 17.6. The Morgan fingerprint density at radius 1 is 1.20 bits per heavy atom. The number of halogens is 1. The van der Waals surface area contributed by atoms with Crippen molar-refractivity contribution in [1.29, 1.82) is 0 Å². The first kappa shape index (κ1) is 13.9. The van der Waals surface area contributed by atoms with Crippen molar-refractivity contribution in [1.82, 2.24) is 5.32 Å². The van der Waals surface area contributed by atoms with E-state index in [1.807, 2.05) is 6.92 Å². The Morgan fingerprint density at radius 3 is 2.85 bits per heavy atom. The molecule has 0 spiro atoms. The van der Waals surface area contributed by atoms with Gasteiger partial charge in [-0.1, -0.05) is 24.3 Å². The first-order valence-corrected chi connectivity index (χ1v) is 8.11. The molecule has 1 heterocycles. The summed E-state index contributed by atoms with van der Waals surface area (Å²) in [6, 6.07) is 15.4. The van der Waals surface area contributed by atoms with E-state index < -0.39 is 0 Å². The zero-order valence-corrected chi connectivity index (χ0v) is 13.7. The zero-order valence-electron chi connectivity index (χ0n) is 11.5. The molecule has 1 unspecified atom stereocenters. The number of rotatable bonds is 3. The maximum absolute atomic E-state index is 5.61. The van der Waals surface area contributed by atoms with Crippen LogP contribution >= 0.6 is 22.6 Å². The van der Waals surface area contributed by atoms with Gasteiger partial charge in [-0.25, -0.2) is 0 Å². The fraction of sp³-hybridized carbons (Fsp3) is 0.294. The second-order valence-corrected chi connectivity index (χ2v) is 6.11. The predicted molar refractivity (Wildman–Crippen MR) is 90.3 cm³/mol. The highest BCUT2D eigenvalue weighted by atomic mass is 127. The quantitative estimate of drug-likeness (QED) is 0.817. The zero-order chi connectivity index (χ0) is 13.9. The summed E-state index contributed by atoms with van der Waals surface area (Å²) >= 11 is 2.42. The molecular formula is C17H18INO. The summed E-state index contributed by atoms with van der Waals surface area (Å²) < 4.78 is 6.92. The highest BCUT2D eigenvalue weighted by molar-refractivity contribution is 14.1. The molecule has 2 nitrogen and oxygen atoms in total. The van der Waals surface area contributed by atoms with Crippen molar-refractivity contribution in [2.45, 2.75) is 19.4 Å². The molecular weight excluding hydrogens is 361 g/mol. The standard InChI is InChI=1S/C17H18INO/c1-2-20-13-7-8-14-12(11-13)9-10-19-17(14)15-5-3-4-6-16(15)18/h3-8,11,17,19H,2,9-10H2,1H3. The number of benzene rings is 2. The van der Waals surface area contributed by atoms with Gasteiger partial charge in [0.2, 0.25) is 0 Å². The van der Waals surface area contributed by atoms with E-state index in [4.69, 9.17) is 4.74 Å². The highest BCUT2D eigenvalue weighted by Gasteiger charge is 2.22. The molecule has 0 aromatic heterocycles. The molecule has 20 heavy (non-hydrogen) atoms. The Bertz CT molecular complexity index is 612. The van der Waals surface area contributed by atoms with Gasteiger partial charge in [0, 0.05) is 10.1 Å². The van der Waals surface area contributed by atoms with Crippen molar-refractivity contribution >= 4 is 22.6 Å². The second kappa shape index (κ2) is 6.14. The Morgan fingerprint density at radius 2 is 2.05 bits per heavy atom. The van der Waals surface area contributed by atoms with Crippen LogP contribution in [0.3, 0.4) is 0 Å². The number of hydrogen-bond donors (Lipinski definition) is 1. The first-order valence-electron chi connectivity index (χ1n) is 7.03. The lowest BCUT2D eigenvalue weighted by Crippen LogP contribution is -2.31. The average Bonchev–Trinajstić information content (AvgIpc) is 2.47. The minimum absolute atomic E-state index is 0.294. The molecule has 0 radical (unpaired) electrons. The van der Waals surface area contributed by atoms with E-state index in [2.05, 4.69) is 70.4 Å². The maximum Gasteiger partial charge on any atom is 0.119 e. The lowest BCUT2D eigenvalue weighted by Gasteiger charge is -2.28. The molecule has 3 heteroatoms. The fourth-order valence-electron chi connectivity index (χ4n) is 2.78. The third-order valence-corrected chi connectivity index (χ3v) is 4.68. The summed E-state index contributed by atoms with van der Waals surface area (Å²) in [7, 11) is 0. The molecule has 1 N–H and O–H groups in total. The summed E-state index contributed by atoms with van der Waals surface area (Å²) in [5.74, 6) is 0.981. The molecule has 1 aliphatic rings. The lowest BCUT2D eigenvalue weighted by atomic mass is 9.90. The summed E-state index contributed by atoms with van der Waals surface area (Å²) in [5, 5.41) is 3.64. The van der Waals surface area contributed by atoms with Gasteiger partial charge < -0.3 is 10.1 Å². The maximum atomic E-state index is 5.61. The van der Waals surface area contributed by atoms with Gasteiger partial charge in [0.15, 0.2) is 0 Å². The number of hydrogen-bond acceptors (Lipinski definition) is 2. The van der Waals surface area contributed by atoms with Crippen molar-refractivity contribution in [3.05, 3.63) is 62.7 Å².